The molecule has 1 fully saturated rings. The molecule has 1 saturated heterocycles. The van der Waals surface area contributed by atoms with E-state index in [2.05, 4.69) is 24.6 Å². The molecule has 1 aromatic heterocycles. The number of hydrogen-bond acceptors (Lipinski definition) is 8. The molecule has 0 aromatic carbocycles. The highest BCUT2D eigenvalue weighted by atomic mass is 32.2. The van der Waals surface area contributed by atoms with Gasteiger partial charge >= 0.3 is 6.55 Å². The maximum atomic E-state index is 12.4. The Labute approximate surface area is 152 Å². The summed E-state index contributed by atoms with van der Waals surface area (Å²) in [4.78, 5) is 14.3. The average molecular weight is 384 g/mol. The van der Waals surface area contributed by atoms with Gasteiger partial charge in [-0.3, -0.25) is 9.71 Å². The third-order valence-corrected chi connectivity index (χ3v) is 5.26. The molecule has 134 valence electrons. The molecule has 10 heteroatoms. The Hall–Kier alpha value is -1.78. The molecule has 1 unspecified atom stereocenters. The molecule has 3 heterocycles. The zero-order chi connectivity index (χ0) is 17.8. The van der Waals surface area contributed by atoms with Gasteiger partial charge in [0.2, 0.25) is 0 Å². The molecule has 2 aliphatic heterocycles. The van der Waals surface area contributed by atoms with Gasteiger partial charge in [0.15, 0.2) is 10.8 Å². The number of nitrogens with one attached hydrogen (secondary N) is 1. The van der Waals surface area contributed by atoms with Gasteiger partial charge in [-0.2, -0.15) is 8.78 Å². The van der Waals surface area contributed by atoms with Crippen LogP contribution in [0.4, 0.5) is 8.78 Å². The van der Waals surface area contributed by atoms with E-state index >= 15 is 0 Å². The number of alkyl halides is 2. The SMILES string of the molecule is CSNC1CC2=C(C(C=NC(F)F)=CN)CN=C(c3nccs3)N2C1. The Morgan fingerprint density at radius 2 is 2.44 bits per heavy atom. The van der Waals surface area contributed by atoms with Crippen molar-refractivity contribution in [3.8, 4) is 0 Å². The molecule has 0 saturated carbocycles. The van der Waals surface area contributed by atoms with Crippen molar-refractivity contribution in [3.63, 3.8) is 0 Å². The van der Waals surface area contributed by atoms with Gasteiger partial charge in [-0.05, 0) is 6.26 Å². The van der Waals surface area contributed by atoms with Crippen LogP contribution >= 0.6 is 23.3 Å². The topological polar surface area (TPSA) is 78.9 Å². The first-order chi connectivity index (χ1) is 12.1. The van der Waals surface area contributed by atoms with Crippen LogP contribution in [0.3, 0.4) is 0 Å². The fraction of sp³-hybridized carbons (Fsp3) is 0.400. The number of amidine groups is 1. The number of hydrogen-bond donors (Lipinski definition) is 2. The molecule has 1 aromatic rings. The summed E-state index contributed by atoms with van der Waals surface area (Å²) in [5.41, 5.74) is 8.01. The summed E-state index contributed by atoms with van der Waals surface area (Å²) >= 11 is 3.08. The maximum Gasteiger partial charge on any atom is 0.331 e. The van der Waals surface area contributed by atoms with Crippen LogP contribution in [0, 0.1) is 0 Å². The van der Waals surface area contributed by atoms with Crippen LogP contribution in [0.1, 0.15) is 11.4 Å². The third kappa shape index (κ3) is 3.91. The molecule has 1 atom stereocenters. The van der Waals surface area contributed by atoms with E-state index in [-0.39, 0.29) is 6.04 Å². The van der Waals surface area contributed by atoms with Gasteiger partial charge < -0.3 is 10.6 Å². The first kappa shape index (κ1) is 18.0. The number of rotatable bonds is 6. The molecule has 0 spiro atoms. The molecule has 25 heavy (non-hydrogen) atoms. The Balaban J connectivity index is 1.95. The van der Waals surface area contributed by atoms with Crippen LogP contribution in [0.15, 0.2) is 44.6 Å². The van der Waals surface area contributed by atoms with E-state index < -0.39 is 6.55 Å². The molecule has 0 bridgehead atoms. The van der Waals surface area contributed by atoms with Gasteiger partial charge in [0.1, 0.15) is 0 Å². The van der Waals surface area contributed by atoms with E-state index in [9.17, 15) is 8.78 Å². The fourth-order valence-electron chi connectivity index (χ4n) is 2.95. The van der Waals surface area contributed by atoms with E-state index in [1.165, 1.54) is 17.5 Å². The van der Waals surface area contributed by atoms with Crippen molar-refractivity contribution in [1.29, 1.82) is 0 Å². The van der Waals surface area contributed by atoms with Crippen molar-refractivity contribution in [2.75, 3.05) is 19.3 Å². The largest absolute Gasteiger partial charge is 0.404 e. The maximum absolute atomic E-state index is 12.4. The fourth-order valence-corrected chi connectivity index (χ4v) is 4.09. The van der Waals surface area contributed by atoms with Crippen LogP contribution in [0.25, 0.3) is 0 Å². The summed E-state index contributed by atoms with van der Waals surface area (Å²) in [5, 5.41) is 2.76. The average Bonchev–Trinajstić information content (AvgIpc) is 3.24. The predicted molar refractivity (Wildman–Crippen MR) is 99.1 cm³/mol. The van der Waals surface area contributed by atoms with E-state index in [0.29, 0.717) is 12.1 Å². The van der Waals surface area contributed by atoms with Crippen LogP contribution in [0.2, 0.25) is 0 Å². The van der Waals surface area contributed by atoms with Gasteiger partial charge in [-0.1, -0.05) is 11.9 Å². The van der Waals surface area contributed by atoms with Crippen LogP contribution in [-0.2, 0) is 0 Å². The number of nitrogens with two attached hydrogens (primary N) is 1. The van der Waals surface area contributed by atoms with E-state index in [1.54, 1.807) is 18.1 Å². The highest BCUT2D eigenvalue weighted by Gasteiger charge is 2.35. The summed E-state index contributed by atoms with van der Waals surface area (Å²) in [5.74, 6) is 0.821. The Morgan fingerprint density at radius 3 is 3.08 bits per heavy atom. The lowest BCUT2D eigenvalue weighted by Crippen LogP contribution is -2.35. The minimum absolute atomic E-state index is 0.231. The summed E-state index contributed by atoms with van der Waals surface area (Å²) in [6.07, 6.45) is 6.93. The van der Waals surface area contributed by atoms with Crippen molar-refractivity contribution < 1.29 is 8.78 Å². The quantitative estimate of drug-likeness (QED) is 0.447. The lowest BCUT2D eigenvalue weighted by molar-refractivity contribution is 0.160. The predicted octanol–water partition coefficient (Wildman–Crippen LogP) is 2.24. The van der Waals surface area contributed by atoms with Gasteiger partial charge in [-0.25, -0.2) is 9.98 Å². The molecule has 0 amide bonds. The summed E-state index contributed by atoms with van der Waals surface area (Å²) in [6.45, 7) is -1.66. The second kappa shape index (κ2) is 8.07. The molecule has 2 aliphatic rings. The van der Waals surface area contributed by atoms with E-state index in [0.717, 1.165) is 41.3 Å². The Morgan fingerprint density at radius 1 is 1.60 bits per heavy atom. The first-order valence-electron chi connectivity index (χ1n) is 7.60. The van der Waals surface area contributed by atoms with Crippen LogP contribution in [0.5, 0.6) is 0 Å². The van der Waals surface area contributed by atoms with Crippen LogP contribution < -0.4 is 10.5 Å². The highest BCUT2D eigenvalue weighted by molar-refractivity contribution is 7.96. The number of nitrogens with zero attached hydrogens (tertiary/aromatic N) is 4. The molecule has 6 nitrogen and oxygen atoms in total. The monoisotopic (exact) mass is 384 g/mol. The second-order valence-corrected chi connectivity index (χ2v) is 6.95. The lowest BCUT2D eigenvalue weighted by atomic mass is 10.0. The number of thiazole rings is 1. The summed E-state index contributed by atoms with van der Waals surface area (Å²) < 4.78 is 28.2. The number of halogens is 2. The molecule has 0 aliphatic carbocycles. The van der Waals surface area contributed by atoms with Crippen molar-refractivity contribution in [3.05, 3.63) is 39.6 Å². The zero-order valence-electron chi connectivity index (χ0n) is 13.5. The van der Waals surface area contributed by atoms with Crippen LogP contribution in [-0.4, -0.2) is 53.9 Å². The minimum atomic E-state index is -2.76. The first-order valence-corrected chi connectivity index (χ1v) is 9.70. The Kier molecular flexibility index (Phi) is 5.82. The van der Waals surface area contributed by atoms with Crippen molar-refractivity contribution in [1.82, 2.24) is 14.6 Å². The number of aromatic nitrogens is 1. The molecular weight excluding hydrogens is 366 g/mol. The number of aliphatic imine (C=N–C) groups is 2. The zero-order valence-corrected chi connectivity index (χ0v) is 15.2. The summed E-state index contributed by atoms with van der Waals surface area (Å²) in [6, 6.07) is 0.231. The van der Waals surface area contributed by atoms with Gasteiger partial charge in [-0.15, -0.1) is 11.3 Å². The number of fused-ring (bicyclic) bond motifs is 1. The van der Waals surface area contributed by atoms with Gasteiger partial charge in [0, 0.05) is 59.8 Å². The highest BCUT2D eigenvalue weighted by Crippen LogP contribution is 2.33. The molecule has 0 radical (unpaired) electrons. The molecular formula is C15H18F2N6S2. The third-order valence-electron chi connectivity index (χ3n) is 3.92. The second-order valence-electron chi connectivity index (χ2n) is 5.41. The van der Waals surface area contributed by atoms with Gasteiger partial charge in [0.25, 0.3) is 0 Å². The molecule has 3 N–H and O–H groups in total. The van der Waals surface area contributed by atoms with Gasteiger partial charge in [0.05, 0.1) is 6.54 Å². The smallest absolute Gasteiger partial charge is 0.331 e. The summed E-state index contributed by atoms with van der Waals surface area (Å²) in [7, 11) is 0. The normalized spacial score (nSPS) is 21.4. The van der Waals surface area contributed by atoms with E-state index in [4.69, 9.17) is 5.73 Å². The van der Waals surface area contributed by atoms with Crippen molar-refractivity contribution >= 4 is 35.3 Å². The van der Waals surface area contributed by atoms with Crippen molar-refractivity contribution in [2.24, 2.45) is 15.7 Å². The van der Waals surface area contributed by atoms with E-state index in [1.807, 2.05) is 11.6 Å². The molecule has 3 rings (SSSR count). The Bertz CT molecular complexity index is 726. The standard InChI is InChI=1S/C15H18F2N6S2/c1-24-22-10-4-12-11(9(5-18)6-21-15(16)17)7-20-13(23(12)8-10)14-19-2-3-25-14/h2-3,5-6,10,15,22H,4,7-8,18H2,1H3. The lowest BCUT2D eigenvalue weighted by Gasteiger charge is -2.27. The van der Waals surface area contributed by atoms with Crippen molar-refractivity contribution in [2.45, 2.75) is 19.0 Å². The minimum Gasteiger partial charge on any atom is -0.404 e.